The van der Waals surface area contributed by atoms with Crippen molar-refractivity contribution in [2.45, 2.75) is 31.6 Å². The van der Waals surface area contributed by atoms with E-state index in [4.69, 9.17) is 4.42 Å². The smallest absolute Gasteiger partial charge is 0.143 e. The topological polar surface area (TPSA) is 16.4 Å². The fourth-order valence-electron chi connectivity index (χ4n) is 12.1. The molecule has 1 spiro atoms. The predicted octanol–water partition coefficient (Wildman–Crippen LogP) is 18.9. The lowest BCUT2D eigenvalue weighted by molar-refractivity contribution is 0.590. The molecule has 2 nitrogen and oxygen atoms in total. The van der Waals surface area contributed by atoms with E-state index >= 15 is 0 Å². The molecule has 71 heavy (non-hydrogen) atoms. The average Bonchev–Trinajstić information content (AvgIpc) is 4.06. The molecule has 0 fully saturated rings. The van der Waals surface area contributed by atoms with Crippen LogP contribution in [0.5, 0.6) is 0 Å². The lowest BCUT2D eigenvalue weighted by atomic mass is 9.70. The second kappa shape index (κ2) is 15.7. The Morgan fingerprint density at radius 1 is 0.366 bits per heavy atom. The van der Waals surface area contributed by atoms with E-state index in [1.54, 1.807) is 0 Å². The summed E-state index contributed by atoms with van der Waals surface area (Å²) in [4.78, 5) is 2.47. The van der Waals surface area contributed by atoms with Crippen LogP contribution in [0.2, 0.25) is 0 Å². The summed E-state index contributed by atoms with van der Waals surface area (Å²) in [6.45, 7) is 6.79. The Morgan fingerprint density at radius 2 is 0.845 bits per heavy atom. The van der Waals surface area contributed by atoms with Gasteiger partial charge < -0.3 is 9.32 Å². The molecular weight excluding hydrogens is 859 g/mol. The minimum atomic E-state index is -0.430. The molecule has 0 atom stereocenters. The van der Waals surface area contributed by atoms with Gasteiger partial charge in [0.15, 0.2) is 0 Å². The number of anilines is 3. The van der Waals surface area contributed by atoms with Gasteiger partial charge in [0.25, 0.3) is 0 Å². The fourth-order valence-corrected chi connectivity index (χ4v) is 12.1. The van der Waals surface area contributed by atoms with Gasteiger partial charge in [0.2, 0.25) is 0 Å². The lowest BCUT2D eigenvalue weighted by Crippen LogP contribution is -2.25. The Hall–Kier alpha value is -8.72. The molecule has 1 aromatic heterocycles. The monoisotopic (exact) mass is 907 g/mol. The van der Waals surface area contributed by atoms with Crippen LogP contribution < -0.4 is 4.90 Å². The van der Waals surface area contributed by atoms with Crippen molar-refractivity contribution in [2.75, 3.05) is 4.90 Å². The summed E-state index contributed by atoms with van der Waals surface area (Å²) in [6, 6.07) is 89.9. The van der Waals surface area contributed by atoms with E-state index in [9.17, 15) is 0 Å². The van der Waals surface area contributed by atoms with Crippen LogP contribution in [0.15, 0.2) is 247 Å². The van der Waals surface area contributed by atoms with E-state index in [1.165, 1.54) is 72.1 Å². The van der Waals surface area contributed by atoms with Crippen LogP contribution in [0, 0.1) is 0 Å². The number of fused-ring (bicyclic) bond motifs is 14. The quantitative estimate of drug-likeness (QED) is 0.165. The zero-order chi connectivity index (χ0) is 47.4. The molecule has 2 aliphatic rings. The summed E-state index contributed by atoms with van der Waals surface area (Å²) in [5.74, 6) is 0. The molecule has 0 unspecified atom stereocenters. The minimum absolute atomic E-state index is 0.118. The van der Waals surface area contributed by atoms with E-state index in [2.05, 4.69) is 268 Å². The van der Waals surface area contributed by atoms with Gasteiger partial charge in [0.1, 0.15) is 11.2 Å². The maximum absolute atomic E-state index is 6.84. The van der Waals surface area contributed by atoms with Crippen LogP contribution in [-0.4, -0.2) is 0 Å². The molecular formula is C69H49NO. The van der Waals surface area contributed by atoms with Crippen molar-refractivity contribution in [1.82, 2.24) is 0 Å². The minimum Gasteiger partial charge on any atom is -0.455 e. The molecule has 336 valence electrons. The van der Waals surface area contributed by atoms with E-state index in [0.717, 1.165) is 61.1 Å². The maximum atomic E-state index is 6.84. The summed E-state index contributed by atoms with van der Waals surface area (Å²) in [5.41, 5.74) is 23.5. The standard InChI is InChI=1S/C69H49NO/c1-68(2,3)49-36-31-46(32-37-49)44-27-29-45(30-28-44)47-33-38-50(39-34-47)70(64-42-35-48-15-4-5-16-52(48)66(64)58-22-14-21-57-56-20-9-13-26-65(56)71-67(57)58)51-40-41-63-59(43-51)55-19-8-12-25-62(55)69(63)60-23-10-6-17-53(60)54-18-7-11-24-61(54)69/h4-43H,1-3H3. The second-order valence-corrected chi connectivity index (χ2v) is 20.4. The number of rotatable bonds is 6. The molecule has 14 rings (SSSR count). The van der Waals surface area contributed by atoms with Gasteiger partial charge in [-0.05, 0) is 125 Å². The third kappa shape index (κ3) is 6.21. The van der Waals surface area contributed by atoms with Gasteiger partial charge in [-0.3, -0.25) is 0 Å². The molecule has 0 radical (unpaired) electrons. The Morgan fingerprint density at radius 3 is 1.48 bits per heavy atom. The summed E-state index contributed by atoms with van der Waals surface area (Å²) in [6.07, 6.45) is 0. The molecule has 0 saturated carbocycles. The highest BCUT2D eigenvalue weighted by Crippen LogP contribution is 2.63. The summed E-state index contributed by atoms with van der Waals surface area (Å²) in [7, 11) is 0. The molecule has 0 saturated heterocycles. The highest BCUT2D eigenvalue weighted by Gasteiger charge is 2.51. The summed E-state index contributed by atoms with van der Waals surface area (Å²) >= 11 is 0. The molecule has 1 heterocycles. The van der Waals surface area contributed by atoms with Crippen molar-refractivity contribution in [1.29, 1.82) is 0 Å². The van der Waals surface area contributed by atoms with Gasteiger partial charge in [0.05, 0.1) is 11.1 Å². The first-order valence-electron chi connectivity index (χ1n) is 24.8. The van der Waals surface area contributed by atoms with Gasteiger partial charge in [-0.1, -0.05) is 227 Å². The van der Waals surface area contributed by atoms with Crippen molar-refractivity contribution >= 4 is 49.8 Å². The number of nitrogens with zero attached hydrogens (tertiary/aromatic N) is 1. The van der Waals surface area contributed by atoms with Gasteiger partial charge in [-0.15, -0.1) is 0 Å². The molecule has 0 bridgehead atoms. The van der Waals surface area contributed by atoms with Gasteiger partial charge >= 0.3 is 0 Å². The van der Waals surface area contributed by atoms with Crippen LogP contribution in [-0.2, 0) is 10.8 Å². The van der Waals surface area contributed by atoms with Crippen molar-refractivity contribution in [3.05, 3.63) is 270 Å². The third-order valence-corrected chi connectivity index (χ3v) is 15.5. The SMILES string of the molecule is CC(C)(C)c1ccc(-c2ccc(-c3ccc(N(c4ccc5c(c4)-c4ccccc4C54c5ccccc5-c5ccccc54)c4ccc5ccccc5c4-c4cccc5c4oc4ccccc45)cc3)cc2)cc1. The number of furan rings is 1. The van der Waals surface area contributed by atoms with E-state index < -0.39 is 5.41 Å². The van der Waals surface area contributed by atoms with Crippen LogP contribution in [0.4, 0.5) is 17.1 Å². The van der Waals surface area contributed by atoms with Crippen molar-refractivity contribution in [2.24, 2.45) is 0 Å². The zero-order valence-electron chi connectivity index (χ0n) is 39.9. The molecule has 2 aliphatic carbocycles. The van der Waals surface area contributed by atoms with Gasteiger partial charge in [-0.2, -0.15) is 0 Å². The third-order valence-electron chi connectivity index (χ3n) is 15.5. The molecule has 11 aromatic carbocycles. The van der Waals surface area contributed by atoms with Crippen LogP contribution in [0.3, 0.4) is 0 Å². The highest BCUT2D eigenvalue weighted by atomic mass is 16.3. The molecule has 12 aromatic rings. The largest absolute Gasteiger partial charge is 0.455 e. The maximum Gasteiger partial charge on any atom is 0.143 e. The first kappa shape index (κ1) is 41.3. The van der Waals surface area contributed by atoms with Crippen molar-refractivity contribution in [3.63, 3.8) is 0 Å². The first-order chi connectivity index (χ1) is 34.8. The van der Waals surface area contributed by atoms with Gasteiger partial charge in [0, 0.05) is 33.3 Å². The van der Waals surface area contributed by atoms with Crippen LogP contribution >= 0.6 is 0 Å². The highest BCUT2D eigenvalue weighted by molar-refractivity contribution is 6.15. The Balaban J connectivity index is 0.968. The number of para-hydroxylation sites is 2. The average molecular weight is 908 g/mol. The van der Waals surface area contributed by atoms with Crippen molar-refractivity contribution in [3.8, 4) is 55.6 Å². The zero-order valence-corrected chi connectivity index (χ0v) is 39.9. The molecule has 2 heteroatoms. The second-order valence-electron chi connectivity index (χ2n) is 20.4. The summed E-state index contributed by atoms with van der Waals surface area (Å²) in [5, 5.41) is 4.56. The van der Waals surface area contributed by atoms with Crippen LogP contribution in [0.1, 0.15) is 48.6 Å². The Bertz CT molecular complexity index is 4030. The fraction of sp³-hybridized carbons (Fsp3) is 0.0725. The predicted molar refractivity (Wildman–Crippen MR) is 297 cm³/mol. The Kier molecular flexibility index (Phi) is 9.10. The van der Waals surface area contributed by atoms with Gasteiger partial charge in [-0.25, -0.2) is 0 Å². The Labute approximate surface area is 414 Å². The molecule has 0 N–H and O–H groups in total. The number of hydrogen-bond donors (Lipinski definition) is 0. The van der Waals surface area contributed by atoms with E-state index in [0.29, 0.717) is 0 Å². The molecule has 0 aliphatic heterocycles. The lowest BCUT2D eigenvalue weighted by Gasteiger charge is -2.32. The normalized spacial score (nSPS) is 13.1. The van der Waals surface area contributed by atoms with Crippen molar-refractivity contribution < 1.29 is 4.42 Å². The van der Waals surface area contributed by atoms with Crippen LogP contribution in [0.25, 0.3) is 88.3 Å². The number of hydrogen-bond acceptors (Lipinski definition) is 2. The van der Waals surface area contributed by atoms with E-state index in [1.807, 2.05) is 0 Å². The van der Waals surface area contributed by atoms with E-state index in [-0.39, 0.29) is 5.41 Å². The first-order valence-corrected chi connectivity index (χ1v) is 24.8. The summed E-state index contributed by atoms with van der Waals surface area (Å²) < 4.78 is 6.84. The number of benzene rings is 11. The molecule has 0 amide bonds.